The van der Waals surface area contributed by atoms with Crippen molar-refractivity contribution in [1.82, 2.24) is 0 Å². The molecule has 1 saturated heterocycles. The molecule has 1 aliphatic heterocycles. The van der Waals surface area contributed by atoms with E-state index >= 15 is 0 Å². The first-order valence-electron chi connectivity index (χ1n) is 7.16. The van der Waals surface area contributed by atoms with E-state index in [1.54, 1.807) is 0 Å². The number of hydrogen-bond acceptors (Lipinski definition) is 5. The van der Waals surface area contributed by atoms with Crippen molar-refractivity contribution in [2.24, 2.45) is 0 Å². The van der Waals surface area contributed by atoms with Crippen molar-refractivity contribution in [1.29, 1.82) is 0 Å². The fourth-order valence-corrected chi connectivity index (χ4v) is 2.90. The zero-order chi connectivity index (χ0) is 16.3. The van der Waals surface area contributed by atoms with Crippen LogP contribution in [0.3, 0.4) is 0 Å². The number of rotatable bonds is 6. The highest BCUT2D eigenvalue weighted by atomic mass is 28.4. The van der Waals surface area contributed by atoms with Crippen molar-refractivity contribution in [2.75, 3.05) is 20.5 Å². The van der Waals surface area contributed by atoms with Crippen molar-refractivity contribution in [3.05, 3.63) is 0 Å². The molecule has 0 radical (unpaired) electrons. The Kier molecular flexibility index (Phi) is 6.01. The summed E-state index contributed by atoms with van der Waals surface area (Å²) in [5.41, 5.74) is -1.06. The van der Waals surface area contributed by atoms with Crippen molar-refractivity contribution in [2.45, 2.75) is 63.3 Å². The van der Waals surface area contributed by atoms with E-state index in [2.05, 4.69) is 39.8 Å². The number of aliphatic hydroxyl groups is 1. The van der Waals surface area contributed by atoms with Crippen LogP contribution >= 0.6 is 0 Å². The van der Waals surface area contributed by atoms with Crippen molar-refractivity contribution >= 4 is 8.32 Å². The topological polar surface area (TPSA) is 57.2 Å². The van der Waals surface area contributed by atoms with Gasteiger partial charge in [0.2, 0.25) is 0 Å². The Morgan fingerprint density at radius 1 is 1.43 bits per heavy atom. The largest absolute Gasteiger partial charge is 0.413 e. The van der Waals surface area contributed by atoms with E-state index in [1.165, 1.54) is 7.11 Å². The minimum atomic E-state index is -1.96. The molecule has 1 heterocycles. The molecular formula is C15H28O5Si. The van der Waals surface area contributed by atoms with Gasteiger partial charge in [0.1, 0.15) is 12.9 Å². The van der Waals surface area contributed by atoms with Crippen LogP contribution in [0.1, 0.15) is 27.2 Å². The van der Waals surface area contributed by atoms with Gasteiger partial charge in [-0.1, -0.05) is 26.7 Å². The first-order chi connectivity index (χ1) is 9.58. The van der Waals surface area contributed by atoms with Crippen LogP contribution in [0.5, 0.6) is 0 Å². The summed E-state index contributed by atoms with van der Waals surface area (Å²) in [5, 5.41) is 9.84. The second-order valence-corrected chi connectivity index (χ2v) is 11.8. The fourth-order valence-electron chi connectivity index (χ4n) is 1.89. The monoisotopic (exact) mass is 316 g/mol. The molecule has 0 saturated carbocycles. The van der Waals surface area contributed by atoms with Gasteiger partial charge in [-0.2, -0.15) is 0 Å². The van der Waals surface area contributed by atoms with Crippen molar-refractivity contribution in [3.63, 3.8) is 0 Å². The summed E-state index contributed by atoms with van der Waals surface area (Å²) >= 11 is 0. The Hall–Kier alpha value is -0.423. The van der Waals surface area contributed by atoms with Crippen LogP contribution in [-0.2, 0) is 18.6 Å². The predicted molar refractivity (Wildman–Crippen MR) is 83.2 cm³/mol. The number of aliphatic hydroxyl groups excluding tert-OH is 1. The second kappa shape index (κ2) is 6.78. The van der Waals surface area contributed by atoms with Crippen LogP contribution in [0.4, 0.5) is 0 Å². The lowest BCUT2D eigenvalue weighted by atomic mass is 9.99. The van der Waals surface area contributed by atoms with Crippen molar-refractivity contribution in [3.8, 4) is 12.3 Å². The average molecular weight is 316 g/mol. The van der Waals surface area contributed by atoms with Crippen LogP contribution in [0, 0.1) is 12.3 Å². The zero-order valence-electron chi connectivity index (χ0n) is 13.9. The molecule has 0 spiro atoms. The van der Waals surface area contributed by atoms with Crippen LogP contribution in [0.15, 0.2) is 0 Å². The first-order valence-corrected chi connectivity index (χ1v) is 10.1. The Morgan fingerprint density at radius 2 is 2.05 bits per heavy atom. The summed E-state index contributed by atoms with van der Waals surface area (Å²) in [6, 6.07) is 0. The number of hydrogen-bond donors (Lipinski definition) is 1. The van der Waals surface area contributed by atoms with Crippen LogP contribution in [0.25, 0.3) is 0 Å². The highest BCUT2D eigenvalue weighted by Gasteiger charge is 2.50. The quantitative estimate of drug-likeness (QED) is 0.462. The Labute approximate surface area is 129 Å². The number of methoxy groups -OCH3 is 1. The van der Waals surface area contributed by atoms with E-state index in [9.17, 15) is 5.11 Å². The summed E-state index contributed by atoms with van der Waals surface area (Å²) < 4.78 is 22.2. The summed E-state index contributed by atoms with van der Waals surface area (Å²) in [7, 11) is -0.425. The van der Waals surface area contributed by atoms with E-state index in [-0.39, 0.29) is 18.4 Å². The van der Waals surface area contributed by atoms with Crippen molar-refractivity contribution < 1.29 is 23.7 Å². The highest BCUT2D eigenvalue weighted by Crippen LogP contribution is 2.39. The number of terminal acetylenes is 1. The van der Waals surface area contributed by atoms with E-state index < -0.39 is 26.3 Å². The third-order valence-electron chi connectivity index (χ3n) is 4.37. The molecule has 0 aromatic heterocycles. The molecule has 1 aliphatic rings. The summed E-state index contributed by atoms with van der Waals surface area (Å²) in [6.45, 7) is 11.1. The van der Waals surface area contributed by atoms with Gasteiger partial charge in [-0.3, -0.25) is 0 Å². The second-order valence-electron chi connectivity index (χ2n) is 6.95. The normalized spacial score (nSPS) is 30.4. The fraction of sp³-hybridized carbons (Fsp3) is 0.867. The third-order valence-corrected chi connectivity index (χ3v) is 8.85. The lowest BCUT2D eigenvalue weighted by molar-refractivity contribution is -0.156. The number of ether oxygens (including phenoxy) is 3. The smallest absolute Gasteiger partial charge is 0.192 e. The summed E-state index contributed by atoms with van der Waals surface area (Å²) in [6.07, 6.45) is 4.59. The molecular weight excluding hydrogens is 288 g/mol. The zero-order valence-corrected chi connectivity index (χ0v) is 14.9. The van der Waals surface area contributed by atoms with Gasteiger partial charge in [-0.25, -0.2) is 0 Å². The Morgan fingerprint density at radius 3 is 2.52 bits per heavy atom. The molecule has 5 nitrogen and oxygen atoms in total. The van der Waals surface area contributed by atoms with Gasteiger partial charge >= 0.3 is 0 Å². The maximum absolute atomic E-state index is 9.77. The van der Waals surface area contributed by atoms with E-state index in [0.29, 0.717) is 6.42 Å². The molecule has 1 N–H and O–H groups in total. The van der Waals surface area contributed by atoms with Gasteiger partial charge in [-0.05, 0) is 18.1 Å². The van der Waals surface area contributed by atoms with Gasteiger partial charge < -0.3 is 23.7 Å². The lowest BCUT2D eigenvalue weighted by Gasteiger charge is -2.39. The molecule has 1 fully saturated rings. The molecule has 1 unspecified atom stereocenters. The molecule has 0 aliphatic carbocycles. The predicted octanol–water partition coefficient (Wildman–Crippen LogP) is 2.11. The van der Waals surface area contributed by atoms with Gasteiger partial charge in [0.05, 0.1) is 6.61 Å². The third kappa shape index (κ3) is 4.28. The van der Waals surface area contributed by atoms with Gasteiger partial charge in [0, 0.05) is 13.5 Å². The molecule has 122 valence electrons. The van der Waals surface area contributed by atoms with Crippen LogP contribution in [0.2, 0.25) is 18.1 Å². The van der Waals surface area contributed by atoms with E-state index in [1.807, 2.05) is 0 Å². The van der Waals surface area contributed by atoms with Gasteiger partial charge in [0.15, 0.2) is 20.2 Å². The molecule has 3 atom stereocenters. The molecule has 6 heteroatoms. The maximum atomic E-state index is 9.77. The first kappa shape index (κ1) is 18.6. The molecule has 0 aromatic rings. The Bertz CT molecular complexity index is 385. The van der Waals surface area contributed by atoms with E-state index in [4.69, 9.17) is 25.1 Å². The maximum Gasteiger partial charge on any atom is 0.192 e. The SMILES string of the molecule is C#C[C@]1(CO[Si](C)(C)C(C)(C)C)OC(O)C[C@@H]1OCOC. The molecule has 0 bridgehead atoms. The average Bonchev–Trinajstić information content (AvgIpc) is 2.69. The van der Waals surface area contributed by atoms with E-state index in [0.717, 1.165) is 0 Å². The highest BCUT2D eigenvalue weighted by molar-refractivity contribution is 6.74. The molecule has 0 amide bonds. The lowest BCUT2D eigenvalue weighted by Crippen LogP contribution is -2.50. The van der Waals surface area contributed by atoms with Gasteiger partial charge in [-0.15, -0.1) is 6.42 Å². The standard InChI is InChI=1S/C15H28O5Si/c1-8-15(10-19-21(6,7)14(2,3)4)12(18-11-17-5)9-13(16)20-15/h1,12-13,16H,9-11H2,2-7H3/t12-,13?,15+/m0/s1. The molecule has 1 rings (SSSR count). The Balaban J connectivity index is 2.82. The summed E-state index contributed by atoms with van der Waals surface area (Å²) in [5.74, 6) is 2.63. The van der Waals surface area contributed by atoms with Crippen LogP contribution < -0.4 is 0 Å². The molecule has 0 aromatic carbocycles. The van der Waals surface area contributed by atoms with Crippen LogP contribution in [-0.4, -0.2) is 51.9 Å². The summed E-state index contributed by atoms with van der Waals surface area (Å²) in [4.78, 5) is 0. The van der Waals surface area contributed by atoms with Gasteiger partial charge in [0.25, 0.3) is 0 Å². The minimum Gasteiger partial charge on any atom is -0.413 e. The minimum absolute atomic E-state index is 0.0723. The molecule has 21 heavy (non-hydrogen) atoms.